The van der Waals surface area contributed by atoms with Crippen LogP contribution in [0.15, 0.2) is 42.9 Å². The fourth-order valence-corrected chi connectivity index (χ4v) is 4.65. The van der Waals surface area contributed by atoms with Gasteiger partial charge in [-0.1, -0.05) is 6.92 Å². The van der Waals surface area contributed by atoms with Crippen LogP contribution in [0.1, 0.15) is 29.4 Å². The number of fused-ring (bicyclic) bond motifs is 2. The molecular formula is C24H24FN7O3. The van der Waals surface area contributed by atoms with Crippen molar-refractivity contribution in [1.82, 2.24) is 24.5 Å². The van der Waals surface area contributed by atoms with Crippen LogP contribution < -0.4 is 10.2 Å². The van der Waals surface area contributed by atoms with Crippen LogP contribution >= 0.6 is 0 Å². The first-order valence-corrected chi connectivity index (χ1v) is 11.3. The second kappa shape index (κ2) is 8.82. The second-order valence-electron chi connectivity index (χ2n) is 8.55. The van der Waals surface area contributed by atoms with E-state index in [9.17, 15) is 19.1 Å². The number of hydrogen-bond acceptors (Lipinski definition) is 6. The van der Waals surface area contributed by atoms with Crippen LogP contribution in [0.5, 0.6) is 0 Å². The van der Waals surface area contributed by atoms with E-state index in [2.05, 4.69) is 25.4 Å². The number of carboxylic acid groups (broad SMARTS) is 1. The Bertz CT molecular complexity index is 1450. The number of rotatable bonds is 4. The van der Waals surface area contributed by atoms with Gasteiger partial charge in [0.1, 0.15) is 5.52 Å². The van der Waals surface area contributed by atoms with Crippen LogP contribution in [0.3, 0.4) is 0 Å². The number of benzene rings is 1. The van der Waals surface area contributed by atoms with Crippen molar-refractivity contribution in [2.75, 3.05) is 29.9 Å². The molecule has 1 saturated heterocycles. The Morgan fingerprint density at radius 3 is 2.83 bits per heavy atom. The lowest BCUT2D eigenvalue weighted by atomic mass is 10.0. The number of anilines is 2. The first-order valence-electron chi connectivity index (χ1n) is 11.3. The number of imidazole rings is 1. The average molecular weight is 478 g/mol. The van der Waals surface area contributed by atoms with Gasteiger partial charge in [-0.3, -0.25) is 4.79 Å². The molecule has 5 rings (SSSR count). The molecule has 1 aromatic carbocycles. The van der Waals surface area contributed by atoms with E-state index >= 15 is 0 Å². The molecule has 1 fully saturated rings. The molecule has 1 aliphatic heterocycles. The van der Waals surface area contributed by atoms with E-state index in [1.807, 2.05) is 13.0 Å². The molecule has 1 atom stereocenters. The lowest BCUT2D eigenvalue weighted by Gasteiger charge is -2.41. The SMILES string of the molecule is CC[C@@H]1CN(c2ccc(C(=O)Nc3cc(F)c4nc(C)cn4c3)c3nnccc23)CCN1C(=O)O. The standard InChI is InChI=1S/C24H24FN7O3/c1-3-16-13-30(8-9-32(16)24(34)35)20-5-4-18(21-17(20)6-7-26-29-21)23(33)28-15-10-19(25)22-27-14(2)11-31(22)12-15/h4-7,10-12,16H,3,8-9,13H2,1-2H3,(H,28,33)(H,34,35)/t16-/m1/s1. The molecule has 4 aromatic rings. The van der Waals surface area contributed by atoms with Crippen molar-refractivity contribution in [3.63, 3.8) is 0 Å². The molecule has 3 aromatic heterocycles. The summed E-state index contributed by atoms with van der Waals surface area (Å²) in [5.41, 5.74) is 2.71. The van der Waals surface area contributed by atoms with Gasteiger partial charge in [0.25, 0.3) is 5.91 Å². The number of piperazine rings is 1. The first kappa shape index (κ1) is 22.5. The molecule has 35 heavy (non-hydrogen) atoms. The largest absolute Gasteiger partial charge is 0.465 e. The number of nitrogens with zero attached hydrogens (tertiary/aromatic N) is 6. The van der Waals surface area contributed by atoms with Crippen molar-refractivity contribution in [3.8, 4) is 0 Å². The van der Waals surface area contributed by atoms with Gasteiger partial charge in [0.15, 0.2) is 11.5 Å². The number of amides is 2. The van der Waals surface area contributed by atoms with Crippen molar-refractivity contribution in [3.05, 3.63) is 59.9 Å². The third-order valence-electron chi connectivity index (χ3n) is 6.33. The van der Waals surface area contributed by atoms with E-state index in [0.717, 1.165) is 11.1 Å². The highest BCUT2D eigenvalue weighted by molar-refractivity contribution is 6.13. The van der Waals surface area contributed by atoms with E-state index in [0.29, 0.717) is 42.8 Å². The first-order chi connectivity index (χ1) is 16.9. The van der Waals surface area contributed by atoms with Gasteiger partial charge in [0.2, 0.25) is 0 Å². The summed E-state index contributed by atoms with van der Waals surface area (Å²) in [7, 11) is 0. The Kier molecular flexibility index (Phi) is 5.67. The summed E-state index contributed by atoms with van der Waals surface area (Å²) in [6.45, 7) is 5.18. The molecule has 11 heteroatoms. The third kappa shape index (κ3) is 4.09. The highest BCUT2D eigenvalue weighted by atomic mass is 19.1. The maximum Gasteiger partial charge on any atom is 0.407 e. The van der Waals surface area contributed by atoms with Crippen molar-refractivity contribution < 1.29 is 19.1 Å². The number of halogens is 1. The number of aryl methyl sites for hydroxylation is 1. The molecular weight excluding hydrogens is 453 g/mol. The Labute approximate surface area is 200 Å². The molecule has 0 unspecified atom stereocenters. The predicted molar refractivity (Wildman–Crippen MR) is 128 cm³/mol. The van der Waals surface area contributed by atoms with Crippen molar-refractivity contribution >= 4 is 39.9 Å². The smallest absolute Gasteiger partial charge is 0.407 e. The fraction of sp³-hybridized carbons (Fsp3) is 0.292. The Morgan fingerprint density at radius 1 is 1.23 bits per heavy atom. The fourth-order valence-electron chi connectivity index (χ4n) is 4.65. The molecule has 1 aliphatic rings. The number of nitrogens with one attached hydrogen (secondary N) is 1. The average Bonchev–Trinajstić information content (AvgIpc) is 3.23. The molecule has 0 radical (unpaired) electrons. The lowest BCUT2D eigenvalue weighted by Crippen LogP contribution is -2.54. The molecule has 0 spiro atoms. The molecule has 10 nitrogen and oxygen atoms in total. The van der Waals surface area contributed by atoms with Crippen LogP contribution in [0, 0.1) is 12.7 Å². The van der Waals surface area contributed by atoms with Gasteiger partial charge in [0, 0.05) is 49.2 Å². The monoisotopic (exact) mass is 477 g/mol. The van der Waals surface area contributed by atoms with Crippen molar-refractivity contribution in [2.24, 2.45) is 0 Å². The van der Waals surface area contributed by atoms with Gasteiger partial charge in [0.05, 0.1) is 29.2 Å². The Balaban J connectivity index is 1.46. The maximum atomic E-state index is 14.5. The van der Waals surface area contributed by atoms with E-state index in [1.54, 1.807) is 37.6 Å². The zero-order chi connectivity index (χ0) is 24.7. The molecule has 180 valence electrons. The highest BCUT2D eigenvalue weighted by Crippen LogP contribution is 2.30. The Morgan fingerprint density at radius 2 is 2.06 bits per heavy atom. The van der Waals surface area contributed by atoms with E-state index in [-0.39, 0.29) is 17.4 Å². The van der Waals surface area contributed by atoms with Gasteiger partial charge < -0.3 is 24.6 Å². The van der Waals surface area contributed by atoms with Crippen LogP contribution in [0.25, 0.3) is 16.6 Å². The quantitative estimate of drug-likeness (QED) is 0.462. The summed E-state index contributed by atoms with van der Waals surface area (Å²) in [6.07, 6.45) is 4.61. The molecule has 0 saturated carbocycles. The third-order valence-corrected chi connectivity index (χ3v) is 6.33. The topological polar surface area (TPSA) is 116 Å². The minimum atomic E-state index is -0.917. The van der Waals surface area contributed by atoms with Gasteiger partial charge >= 0.3 is 6.09 Å². The van der Waals surface area contributed by atoms with Gasteiger partial charge in [-0.25, -0.2) is 14.2 Å². The zero-order valence-corrected chi connectivity index (χ0v) is 19.3. The zero-order valence-electron chi connectivity index (χ0n) is 19.3. The predicted octanol–water partition coefficient (Wildman–Crippen LogP) is 3.56. The summed E-state index contributed by atoms with van der Waals surface area (Å²) < 4.78 is 16.0. The molecule has 2 N–H and O–H groups in total. The number of carbonyl (C=O) groups is 2. The summed E-state index contributed by atoms with van der Waals surface area (Å²) in [4.78, 5) is 32.4. The summed E-state index contributed by atoms with van der Waals surface area (Å²) in [6, 6.07) is 6.40. The molecule has 4 heterocycles. The van der Waals surface area contributed by atoms with Gasteiger partial charge in [-0.15, -0.1) is 5.10 Å². The second-order valence-corrected chi connectivity index (χ2v) is 8.55. The normalized spacial score (nSPS) is 16.1. The molecule has 0 aliphatic carbocycles. The van der Waals surface area contributed by atoms with Gasteiger partial charge in [-0.2, -0.15) is 5.10 Å². The minimum absolute atomic E-state index is 0.134. The highest BCUT2D eigenvalue weighted by Gasteiger charge is 2.30. The van der Waals surface area contributed by atoms with Gasteiger partial charge in [-0.05, 0) is 31.5 Å². The number of carbonyl (C=O) groups excluding carboxylic acids is 1. The van der Waals surface area contributed by atoms with E-state index < -0.39 is 17.8 Å². The number of pyridine rings is 1. The van der Waals surface area contributed by atoms with Crippen LogP contribution in [0.2, 0.25) is 0 Å². The Hall–Kier alpha value is -4.28. The maximum absolute atomic E-state index is 14.5. The van der Waals surface area contributed by atoms with E-state index in [4.69, 9.17) is 0 Å². The molecule has 0 bridgehead atoms. The van der Waals surface area contributed by atoms with Crippen LogP contribution in [0.4, 0.5) is 20.6 Å². The summed E-state index contributed by atoms with van der Waals surface area (Å²) in [5.74, 6) is -0.985. The van der Waals surface area contributed by atoms with Crippen molar-refractivity contribution in [1.29, 1.82) is 0 Å². The minimum Gasteiger partial charge on any atom is -0.465 e. The number of aromatic nitrogens is 4. The lowest BCUT2D eigenvalue weighted by molar-refractivity contribution is 0.102. The van der Waals surface area contributed by atoms with Crippen LogP contribution in [-0.4, -0.2) is 67.3 Å². The molecule has 2 amide bonds. The number of hydrogen-bond donors (Lipinski definition) is 2. The van der Waals surface area contributed by atoms with Crippen LogP contribution in [-0.2, 0) is 0 Å². The summed E-state index contributed by atoms with van der Waals surface area (Å²) in [5, 5.41) is 21.1. The van der Waals surface area contributed by atoms with Crippen molar-refractivity contribution in [2.45, 2.75) is 26.3 Å². The summed E-state index contributed by atoms with van der Waals surface area (Å²) >= 11 is 0. The van der Waals surface area contributed by atoms with E-state index in [1.165, 1.54) is 15.4 Å².